The fourth-order valence-corrected chi connectivity index (χ4v) is 4.50. The molecule has 3 fully saturated rings. The van der Waals surface area contributed by atoms with Crippen LogP contribution in [-0.2, 0) is 9.59 Å². The van der Waals surface area contributed by atoms with Crippen LogP contribution in [0.15, 0.2) is 12.2 Å². The van der Waals surface area contributed by atoms with Gasteiger partial charge in [0, 0.05) is 44.7 Å². The summed E-state index contributed by atoms with van der Waals surface area (Å²) in [5.41, 5.74) is 0. The van der Waals surface area contributed by atoms with E-state index in [-0.39, 0.29) is 5.92 Å². The third-order valence-electron chi connectivity index (χ3n) is 6.15. The second-order valence-corrected chi connectivity index (χ2v) is 7.88. The topological polar surface area (TPSA) is 43.9 Å². The Morgan fingerprint density at radius 2 is 1.42 bits per heavy atom. The van der Waals surface area contributed by atoms with Gasteiger partial charge in [-0.2, -0.15) is 0 Å². The predicted octanol–water partition coefficient (Wildman–Crippen LogP) is 1.50. The summed E-state index contributed by atoms with van der Waals surface area (Å²) in [6.45, 7) is 5.42. The summed E-state index contributed by atoms with van der Waals surface area (Å²) in [5, 5.41) is 0. The molecule has 1 aliphatic carbocycles. The largest absolute Gasteiger partial charge is 0.342 e. The maximum Gasteiger partial charge on any atom is 0.227 e. The van der Waals surface area contributed by atoms with Gasteiger partial charge in [0.1, 0.15) is 0 Å². The number of amides is 2. The number of hydrogen-bond acceptors (Lipinski definition) is 3. The molecule has 0 radical (unpaired) electrons. The SMILES string of the molecule is O=C(C1CCCN(C2CCN(C(=O)C3CC3)CC2)C1)N1CC=CC1. The van der Waals surface area contributed by atoms with E-state index in [2.05, 4.69) is 22.0 Å². The van der Waals surface area contributed by atoms with Crippen LogP contribution in [0.5, 0.6) is 0 Å². The fourth-order valence-electron chi connectivity index (χ4n) is 4.50. The zero-order valence-corrected chi connectivity index (χ0v) is 14.5. The maximum absolute atomic E-state index is 12.7. The second kappa shape index (κ2) is 6.87. The van der Waals surface area contributed by atoms with Crippen molar-refractivity contribution in [1.82, 2.24) is 14.7 Å². The monoisotopic (exact) mass is 331 g/mol. The van der Waals surface area contributed by atoms with Crippen LogP contribution >= 0.6 is 0 Å². The average molecular weight is 331 g/mol. The Morgan fingerprint density at radius 1 is 0.750 bits per heavy atom. The molecule has 0 bridgehead atoms. The minimum absolute atomic E-state index is 0.171. The van der Waals surface area contributed by atoms with Crippen molar-refractivity contribution in [2.45, 2.75) is 44.6 Å². The van der Waals surface area contributed by atoms with Crippen LogP contribution in [0.1, 0.15) is 38.5 Å². The van der Waals surface area contributed by atoms with Gasteiger partial charge in [-0.25, -0.2) is 0 Å². The van der Waals surface area contributed by atoms with Gasteiger partial charge in [0.05, 0.1) is 5.92 Å². The van der Waals surface area contributed by atoms with Crippen LogP contribution in [0.3, 0.4) is 0 Å². The van der Waals surface area contributed by atoms with Crippen LogP contribution in [0.4, 0.5) is 0 Å². The molecule has 24 heavy (non-hydrogen) atoms. The van der Waals surface area contributed by atoms with Crippen molar-refractivity contribution < 1.29 is 9.59 Å². The number of nitrogens with zero attached hydrogens (tertiary/aromatic N) is 3. The first-order valence-electron chi connectivity index (χ1n) is 9.69. The first kappa shape index (κ1) is 16.1. The highest BCUT2D eigenvalue weighted by molar-refractivity contribution is 5.81. The molecule has 5 nitrogen and oxygen atoms in total. The third-order valence-corrected chi connectivity index (χ3v) is 6.15. The molecule has 2 saturated heterocycles. The number of carbonyl (C=O) groups is 2. The highest BCUT2D eigenvalue weighted by atomic mass is 16.2. The van der Waals surface area contributed by atoms with E-state index in [9.17, 15) is 9.59 Å². The summed E-state index contributed by atoms with van der Waals surface area (Å²) in [4.78, 5) is 31.4. The summed E-state index contributed by atoms with van der Waals surface area (Å²) in [6, 6.07) is 0.556. The highest BCUT2D eigenvalue weighted by Crippen LogP contribution is 2.32. The van der Waals surface area contributed by atoms with E-state index in [0.29, 0.717) is 23.8 Å². The summed E-state index contributed by atoms with van der Waals surface area (Å²) < 4.78 is 0. The quantitative estimate of drug-likeness (QED) is 0.736. The summed E-state index contributed by atoms with van der Waals surface area (Å²) in [5.74, 6) is 1.24. The van der Waals surface area contributed by atoms with Crippen molar-refractivity contribution in [3.05, 3.63) is 12.2 Å². The molecule has 5 heteroatoms. The Hall–Kier alpha value is -1.36. The number of hydrogen-bond donors (Lipinski definition) is 0. The number of rotatable bonds is 3. The first-order valence-corrected chi connectivity index (χ1v) is 9.69. The molecular formula is C19H29N3O2. The normalized spacial score (nSPS) is 29.2. The maximum atomic E-state index is 12.7. The zero-order valence-electron chi connectivity index (χ0n) is 14.5. The Morgan fingerprint density at radius 3 is 2.08 bits per heavy atom. The molecule has 0 aromatic rings. The van der Waals surface area contributed by atoms with Crippen LogP contribution in [0, 0.1) is 11.8 Å². The first-order chi connectivity index (χ1) is 11.7. The van der Waals surface area contributed by atoms with E-state index in [1.807, 2.05) is 4.90 Å². The number of likely N-dealkylation sites (tertiary alicyclic amines) is 2. The Labute approximate surface area is 144 Å². The zero-order chi connectivity index (χ0) is 16.5. The second-order valence-electron chi connectivity index (χ2n) is 7.88. The Kier molecular flexibility index (Phi) is 4.61. The third kappa shape index (κ3) is 3.37. The van der Waals surface area contributed by atoms with E-state index < -0.39 is 0 Å². The molecule has 1 unspecified atom stereocenters. The Bertz CT molecular complexity index is 513. The summed E-state index contributed by atoms with van der Waals surface area (Å²) >= 11 is 0. The van der Waals surface area contributed by atoms with Crippen molar-refractivity contribution in [3.8, 4) is 0 Å². The molecule has 132 valence electrons. The van der Waals surface area contributed by atoms with Gasteiger partial charge < -0.3 is 9.80 Å². The number of carbonyl (C=O) groups excluding carboxylic acids is 2. The van der Waals surface area contributed by atoms with Crippen LogP contribution in [0.25, 0.3) is 0 Å². The molecule has 2 amide bonds. The predicted molar refractivity (Wildman–Crippen MR) is 92.3 cm³/mol. The molecule has 0 aromatic heterocycles. The molecular weight excluding hydrogens is 302 g/mol. The van der Waals surface area contributed by atoms with Gasteiger partial charge in [-0.05, 0) is 45.1 Å². The van der Waals surface area contributed by atoms with Gasteiger partial charge in [0.15, 0.2) is 0 Å². The number of piperidine rings is 2. The minimum atomic E-state index is 0.171. The van der Waals surface area contributed by atoms with Gasteiger partial charge in [-0.15, -0.1) is 0 Å². The van der Waals surface area contributed by atoms with Crippen molar-refractivity contribution in [1.29, 1.82) is 0 Å². The van der Waals surface area contributed by atoms with Crippen LogP contribution in [-0.4, -0.2) is 71.8 Å². The van der Waals surface area contributed by atoms with Crippen molar-refractivity contribution in [3.63, 3.8) is 0 Å². The van der Waals surface area contributed by atoms with Gasteiger partial charge in [-0.3, -0.25) is 14.5 Å². The molecule has 1 saturated carbocycles. The van der Waals surface area contributed by atoms with Gasteiger partial charge in [-0.1, -0.05) is 12.2 Å². The van der Waals surface area contributed by atoms with E-state index in [1.54, 1.807) is 0 Å². The Balaban J connectivity index is 1.28. The smallest absolute Gasteiger partial charge is 0.227 e. The molecule has 0 N–H and O–H groups in total. The molecule has 4 rings (SSSR count). The van der Waals surface area contributed by atoms with E-state index in [0.717, 1.165) is 77.8 Å². The average Bonchev–Trinajstić information content (AvgIpc) is 3.35. The lowest BCUT2D eigenvalue weighted by Crippen LogP contribution is -2.52. The van der Waals surface area contributed by atoms with Crippen LogP contribution < -0.4 is 0 Å². The molecule has 0 aromatic carbocycles. The molecule has 4 aliphatic rings. The lowest BCUT2D eigenvalue weighted by Gasteiger charge is -2.42. The van der Waals surface area contributed by atoms with Crippen LogP contribution in [0.2, 0.25) is 0 Å². The van der Waals surface area contributed by atoms with E-state index in [4.69, 9.17) is 0 Å². The minimum Gasteiger partial charge on any atom is -0.342 e. The van der Waals surface area contributed by atoms with E-state index >= 15 is 0 Å². The van der Waals surface area contributed by atoms with Gasteiger partial charge in [0.2, 0.25) is 11.8 Å². The molecule has 3 aliphatic heterocycles. The van der Waals surface area contributed by atoms with Gasteiger partial charge >= 0.3 is 0 Å². The van der Waals surface area contributed by atoms with Crippen molar-refractivity contribution >= 4 is 11.8 Å². The molecule has 0 spiro atoms. The highest BCUT2D eigenvalue weighted by Gasteiger charge is 2.37. The summed E-state index contributed by atoms with van der Waals surface area (Å²) in [6.07, 6.45) is 10.7. The van der Waals surface area contributed by atoms with Crippen molar-refractivity contribution in [2.24, 2.45) is 11.8 Å². The lowest BCUT2D eigenvalue weighted by atomic mass is 9.93. The summed E-state index contributed by atoms with van der Waals surface area (Å²) in [7, 11) is 0. The lowest BCUT2D eigenvalue weighted by molar-refractivity contribution is -0.136. The van der Waals surface area contributed by atoms with E-state index in [1.165, 1.54) is 0 Å². The van der Waals surface area contributed by atoms with Crippen molar-refractivity contribution in [2.75, 3.05) is 39.3 Å². The standard InChI is InChI=1S/C19H29N3O2/c23-18(15-5-6-15)21-12-7-17(8-13-21)22-11-3-4-16(14-22)19(24)20-9-1-2-10-20/h1-2,15-17H,3-14H2. The molecule has 3 heterocycles. The fraction of sp³-hybridized carbons (Fsp3) is 0.789. The van der Waals surface area contributed by atoms with Gasteiger partial charge in [0.25, 0.3) is 0 Å². The molecule has 1 atom stereocenters.